The first-order valence-corrected chi connectivity index (χ1v) is 6.12. The quantitative estimate of drug-likeness (QED) is 0.808. The van der Waals surface area contributed by atoms with Gasteiger partial charge in [-0.2, -0.15) is 5.10 Å². The maximum Gasteiger partial charge on any atom is 0.147 e. The molecule has 0 fully saturated rings. The summed E-state index contributed by atoms with van der Waals surface area (Å²) in [6.07, 6.45) is 3.71. The van der Waals surface area contributed by atoms with Crippen LogP contribution in [0.2, 0.25) is 0 Å². The van der Waals surface area contributed by atoms with Gasteiger partial charge in [-0.05, 0) is 35.6 Å². The van der Waals surface area contributed by atoms with Crippen LogP contribution in [0.5, 0.6) is 5.75 Å². The maximum absolute atomic E-state index is 5.51. The molecule has 0 bridgehead atoms. The van der Waals surface area contributed by atoms with Gasteiger partial charge >= 0.3 is 0 Å². The van der Waals surface area contributed by atoms with Gasteiger partial charge in [-0.1, -0.05) is 26.8 Å². The van der Waals surface area contributed by atoms with Crippen LogP contribution in [0.1, 0.15) is 31.9 Å². The first-order valence-electron chi connectivity index (χ1n) is 6.12. The molecule has 2 rings (SSSR count). The van der Waals surface area contributed by atoms with E-state index in [1.54, 1.807) is 13.3 Å². The molecule has 1 heterocycles. The Labute approximate surface area is 108 Å². The Balaban J connectivity index is 2.66. The molecule has 0 saturated carbocycles. The third kappa shape index (κ3) is 2.26. The Kier molecular flexibility index (Phi) is 3.16. The minimum Gasteiger partial charge on any atom is -0.494 e. The molecule has 3 heteroatoms. The van der Waals surface area contributed by atoms with Gasteiger partial charge in [-0.15, -0.1) is 0 Å². The molecule has 0 atom stereocenters. The number of hydrogen-bond acceptors (Lipinski definition) is 2. The number of aryl methyl sites for hydroxylation is 1. The largest absolute Gasteiger partial charge is 0.494 e. The third-order valence-electron chi connectivity index (χ3n) is 3.08. The van der Waals surface area contributed by atoms with Crippen LogP contribution in [0.15, 0.2) is 30.6 Å². The van der Waals surface area contributed by atoms with Gasteiger partial charge in [0.2, 0.25) is 0 Å². The number of nitrogens with zero attached hydrogens (tertiary/aromatic N) is 2. The SMILES string of the molecule is COc1c(C)cc(C(C)(C)C)cc1-n1cccn1. The Morgan fingerprint density at radius 1 is 1.22 bits per heavy atom. The van der Waals surface area contributed by atoms with E-state index in [-0.39, 0.29) is 5.41 Å². The molecule has 1 aromatic carbocycles. The van der Waals surface area contributed by atoms with Crippen LogP contribution in [0.4, 0.5) is 0 Å². The molecule has 1 aromatic heterocycles. The second-order valence-corrected chi connectivity index (χ2v) is 5.55. The lowest BCUT2D eigenvalue weighted by atomic mass is 9.85. The van der Waals surface area contributed by atoms with Crippen LogP contribution < -0.4 is 4.74 Å². The lowest BCUT2D eigenvalue weighted by Crippen LogP contribution is -2.13. The van der Waals surface area contributed by atoms with Crippen LogP contribution in [0.25, 0.3) is 5.69 Å². The summed E-state index contributed by atoms with van der Waals surface area (Å²) in [7, 11) is 1.70. The standard InChI is InChI=1S/C15H20N2O/c1-11-9-12(15(2,3)4)10-13(14(11)18-5)17-8-6-7-16-17/h6-10H,1-5H3. The zero-order chi connectivity index (χ0) is 13.3. The highest BCUT2D eigenvalue weighted by Crippen LogP contribution is 2.33. The van der Waals surface area contributed by atoms with E-state index in [0.29, 0.717) is 0 Å². The molecule has 0 spiro atoms. The van der Waals surface area contributed by atoms with Crippen molar-refractivity contribution < 1.29 is 4.74 Å². The highest BCUT2D eigenvalue weighted by molar-refractivity contribution is 5.54. The van der Waals surface area contributed by atoms with E-state index in [1.807, 2.05) is 16.9 Å². The predicted octanol–water partition coefficient (Wildman–Crippen LogP) is 3.49. The summed E-state index contributed by atoms with van der Waals surface area (Å²) in [6.45, 7) is 8.70. The number of hydrogen-bond donors (Lipinski definition) is 0. The zero-order valence-corrected chi connectivity index (χ0v) is 11.7. The third-order valence-corrected chi connectivity index (χ3v) is 3.08. The zero-order valence-electron chi connectivity index (χ0n) is 11.7. The number of methoxy groups -OCH3 is 1. The highest BCUT2D eigenvalue weighted by atomic mass is 16.5. The fourth-order valence-electron chi connectivity index (χ4n) is 2.04. The number of rotatable bonds is 2. The van der Waals surface area contributed by atoms with Crippen molar-refractivity contribution in [3.8, 4) is 11.4 Å². The van der Waals surface area contributed by atoms with E-state index in [2.05, 4.69) is 44.9 Å². The number of ether oxygens (including phenoxy) is 1. The molecular weight excluding hydrogens is 224 g/mol. The predicted molar refractivity (Wildman–Crippen MR) is 73.6 cm³/mol. The Morgan fingerprint density at radius 3 is 2.44 bits per heavy atom. The van der Waals surface area contributed by atoms with Gasteiger partial charge in [-0.3, -0.25) is 0 Å². The molecule has 0 aliphatic carbocycles. The fourth-order valence-corrected chi connectivity index (χ4v) is 2.04. The Hall–Kier alpha value is -1.77. The molecule has 0 saturated heterocycles. The van der Waals surface area contributed by atoms with Gasteiger partial charge in [0.1, 0.15) is 11.4 Å². The summed E-state index contributed by atoms with van der Waals surface area (Å²) in [5, 5.41) is 4.30. The van der Waals surface area contributed by atoms with Gasteiger partial charge in [0.15, 0.2) is 0 Å². The van der Waals surface area contributed by atoms with E-state index in [1.165, 1.54) is 5.56 Å². The lowest BCUT2D eigenvalue weighted by molar-refractivity contribution is 0.408. The van der Waals surface area contributed by atoms with E-state index >= 15 is 0 Å². The fraction of sp³-hybridized carbons (Fsp3) is 0.400. The molecule has 0 amide bonds. The molecule has 18 heavy (non-hydrogen) atoms. The summed E-state index contributed by atoms with van der Waals surface area (Å²) in [5.41, 5.74) is 3.52. The summed E-state index contributed by atoms with van der Waals surface area (Å²) < 4.78 is 7.36. The second kappa shape index (κ2) is 4.48. The molecule has 96 valence electrons. The van der Waals surface area contributed by atoms with Crippen LogP contribution in [-0.4, -0.2) is 16.9 Å². The van der Waals surface area contributed by atoms with Crippen molar-refractivity contribution in [1.29, 1.82) is 0 Å². The van der Waals surface area contributed by atoms with Gasteiger partial charge < -0.3 is 4.74 Å². The Bertz CT molecular complexity index is 536. The smallest absolute Gasteiger partial charge is 0.147 e. The van der Waals surface area contributed by atoms with Crippen molar-refractivity contribution in [2.24, 2.45) is 0 Å². The van der Waals surface area contributed by atoms with Crippen LogP contribution in [0.3, 0.4) is 0 Å². The van der Waals surface area contributed by atoms with Gasteiger partial charge in [-0.25, -0.2) is 4.68 Å². The highest BCUT2D eigenvalue weighted by Gasteiger charge is 2.18. The van der Waals surface area contributed by atoms with Gasteiger partial charge in [0.05, 0.1) is 7.11 Å². The average molecular weight is 244 g/mol. The molecule has 0 unspecified atom stereocenters. The van der Waals surface area contributed by atoms with Crippen molar-refractivity contribution >= 4 is 0 Å². The van der Waals surface area contributed by atoms with Gasteiger partial charge in [0.25, 0.3) is 0 Å². The Morgan fingerprint density at radius 2 is 1.94 bits per heavy atom. The number of aromatic nitrogens is 2. The summed E-state index contributed by atoms with van der Waals surface area (Å²) in [4.78, 5) is 0. The normalized spacial score (nSPS) is 11.6. The summed E-state index contributed by atoms with van der Waals surface area (Å²) >= 11 is 0. The molecular formula is C15H20N2O. The minimum absolute atomic E-state index is 0.110. The minimum atomic E-state index is 0.110. The molecule has 0 N–H and O–H groups in total. The topological polar surface area (TPSA) is 27.1 Å². The van der Waals surface area contributed by atoms with Crippen molar-refractivity contribution in [2.45, 2.75) is 33.1 Å². The molecule has 0 aliphatic heterocycles. The summed E-state index contributed by atoms with van der Waals surface area (Å²) in [5.74, 6) is 0.881. The van der Waals surface area contributed by atoms with Crippen molar-refractivity contribution in [2.75, 3.05) is 7.11 Å². The molecule has 2 aromatic rings. The first kappa shape index (κ1) is 12.7. The maximum atomic E-state index is 5.51. The van der Waals surface area contributed by atoms with Crippen molar-refractivity contribution in [3.05, 3.63) is 41.7 Å². The van der Waals surface area contributed by atoms with Crippen LogP contribution in [0, 0.1) is 6.92 Å². The van der Waals surface area contributed by atoms with E-state index in [9.17, 15) is 0 Å². The van der Waals surface area contributed by atoms with E-state index < -0.39 is 0 Å². The van der Waals surface area contributed by atoms with Crippen molar-refractivity contribution in [1.82, 2.24) is 9.78 Å². The monoisotopic (exact) mass is 244 g/mol. The first-order chi connectivity index (χ1) is 8.43. The lowest BCUT2D eigenvalue weighted by Gasteiger charge is -2.22. The molecule has 0 radical (unpaired) electrons. The number of benzene rings is 1. The second-order valence-electron chi connectivity index (χ2n) is 5.55. The van der Waals surface area contributed by atoms with Gasteiger partial charge in [0, 0.05) is 12.4 Å². The van der Waals surface area contributed by atoms with Crippen molar-refractivity contribution in [3.63, 3.8) is 0 Å². The average Bonchev–Trinajstić information content (AvgIpc) is 2.79. The molecule has 0 aliphatic rings. The molecule has 3 nitrogen and oxygen atoms in total. The van der Waals surface area contributed by atoms with Crippen LogP contribution in [-0.2, 0) is 5.41 Å². The van der Waals surface area contributed by atoms with E-state index in [4.69, 9.17) is 4.74 Å². The van der Waals surface area contributed by atoms with Crippen LogP contribution >= 0.6 is 0 Å². The van der Waals surface area contributed by atoms with E-state index in [0.717, 1.165) is 17.0 Å². The summed E-state index contributed by atoms with van der Waals surface area (Å²) in [6, 6.07) is 6.25.